The first-order valence-electron chi connectivity index (χ1n) is 6.94. The smallest absolute Gasteiger partial charge is 0.220 e. The number of aliphatic hydroxyl groups is 1. The Hall–Kier alpha value is -1.55. The predicted molar refractivity (Wildman–Crippen MR) is 75.5 cm³/mol. The number of hydrogen-bond acceptors (Lipinski definition) is 3. The molecule has 0 aliphatic heterocycles. The molecular weight excluding hydrogens is 240 g/mol. The van der Waals surface area contributed by atoms with E-state index in [9.17, 15) is 9.90 Å². The summed E-state index contributed by atoms with van der Waals surface area (Å²) in [5.41, 5.74) is 7.47. The van der Waals surface area contributed by atoms with Crippen LogP contribution in [0.25, 0.3) is 0 Å². The minimum absolute atomic E-state index is 0.0518. The van der Waals surface area contributed by atoms with E-state index in [1.807, 2.05) is 24.3 Å². The fourth-order valence-corrected chi connectivity index (χ4v) is 2.53. The lowest BCUT2D eigenvalue weighted by Gasteiger charge is -2.15. The summed E-state index contributed by atoms with van der Waals surface area (Å²) >= 11 is 0. The van der Waals surface area contributed by atoms with Crippen LogP contribution >= 0.6 is 0 Å². The zero-order chi connectivity index (χ0) is 13.7. The highest BCUT2D eigenvalue weighted by atomic mass is 16.3. The Labute approximate surface area is 114 Å². The van der Waals surface area contributed by atoms with Gasteiger partial charge in [0.2, 0.25) is 5.91 Å². The average molecular weight is 262 g/mol. The van der Waals surface area contributed by atoms with Gasteiger partial charge < -0.3 is 16.2 Å². The number of amides is 1. The molecule has 1 fully saturated rings. The molecule has 4 nitrogen and oxygen atoms in total. The highest BCUT2D eigenvalue weighted by Crippen LogP contribution is 2.24. The number of anilines is 1. The molecule has 4 N–H and O–H groups in total. The van der Waals surface area contributed by atoms with Gasteiger partial charge in [-0.2, -0.15) is 0 Å². The van der Waals surface area contributed by atoms with E-state index in [1.165, 1.54) is 0 Å². The van der Waals surface area contributed by atoms with Gasteiger partial charge in [0.05, 0.1) is 6.10 Å². The number of benzene rings is 1. The third kappa shape index (κ3) is 4.24. The van der Waals surface area contributed by atoms with Gasteiger partial charge in [0, 0.05) is 24.6 Å². The Bertz CT molecular complexity index is 417. The number of nitrogen functional groups attached to an aromatic ring is 1. The number of nitrogens with one attached hydrogen (secondary N) is 1. The van der Waals surface area contributed by atoms with E-state index in [0.29, 0.717) is 13.0 Å². The SMILES string of the molecule is Nc1ccc(CCC(=O)NCC2CCCC2O)cc1. The topological polar surface area (TPSA) is 75.4 Å². The number of rotatable bonds is 5. The molecule has 4 heteroatoms. The number of carbonyl (C=O) groups excluding carboxylic acids is 1. The average Bonchev–Trinajstić information content (AvgIpc) is 2.81. The Kier molecular flexibility index (Phi) is 4.80. The minimum Gasteiger partial charge on any atom is -0.399 e. The predicted octanol–water partition coefficient (Wildman–Crippen LogP) is 1.48. The van der Waals surface area contributed by atoms with Crippen LogP contribution in [-0.4, -0.2) is 23.7 Å². The molecule has 1 amide bonds. The van der Waals surface area contributed by atoms with Crippen LogP contribution in [0, 0.1) is 5.92 Å². The second kappa shape index (κ2) is 6.57. The fraction of sp³-hybridized carbons (Fsp3) is 0.533. The van der Waals surface area contributed by atoms with Crippen molar-refractivity contribution in [3.63, 3.8) is 0 Å². The first-order valence-corrected chi connectivity index (χ1v) is 6.94. The fourth-order valence-electron chi connectivity index (χ4n) is 2.53. The van der Waals surface area contributed by atoms with Crippen LogP contribution in [0.2, 0.25) is 0 Å². The zero-order valence-corrected chi connectivity index (χ0v) is 11.1. The van der Waals surface area contributed by atoms with E-state index in [1.54, 1.807) is 0 Å². The molecule has 0 saturated heterocycles. The van der Waals surface area contributed by atoms with E-state index in [4.69, 9.17) is 5.73 Å². The van der Waals surface area contributed by atoms with Gasteiger partial charge in [0.1, 0.15) is 0 Å². The molecule has 1 saturated carbocycles. The highest BCUT2D eigenvalue weighted by molar-refractivity contribution is 5.76. The standard InChI is InChI=1S/C15H22N2O2/c16-13-7-4-11(5-8-13)6-9-15(19)17-10-12-2-1-3-14(12)18/h4-5,7-8,12,14,18H,1-3,6,9-10,16H2,(H,17,19). The van der Waals surface area contributed by atoms with Crippen LogP contribution in [0.4, 0.5) is 5.69 Å². The number of hydrogen-bond donors (Lipinski definition) is 3. The van der Waals surface area contributed by atoms with Crippen LogP contribution in [-0.2, 0) is 11.2 Å². The van der Waals surface area contributed by atoms with E-state index in [-0.39, 0.29) is 17.9 Å². The summed E-state index contributed by atoms with van der Waals surface area (Å²) in [5, 5.41) is 12.6. The highest BCUT2D eigenvalue weighted by Gasteiger charge is 2.25. The Morgan fingerprint density at radius 1 is 1.32 bits per heavy atom. The summed E-state index contributed by atoms with van der Waals surface area (Å²) in [6, 6.07) is 7.59. The molecule has 2 rings (SSSR count). The maximum atomic E-state index is 11.7. The van der Waals surface area contributed by atoms with Crippen molar-refractivity contribution in [3.05, 3.63) is 29.8 Å². The molecule has 2 unspecified atom stereocenters. The van der Waals surface area contributed by atoms with Crippen molar-refractivity contribution in [3.8, 4) is 0 Å². The van der Waals surface area contributed by atoms with Gasteiger partial charge in [0.15, 0.2) is 0 Å². The molecule has 0 spiro atoms. The number of nitrogens with two attached hydrogens (primary N) is 1. The molecule has 1 aliphatic rings. The van der Waals surface area contributed by atoms with Crippen molar-refractivity contribution in [1.82, 2.24) is 5.32 Å². The van der Waals surface area contributed by atoms with Gasteiger partial charge in [0.25, 0.3) is 0 Å². The largest absolute Gasteiger partial charge is 0.399 e. The van der Waals surface area contributed by atoms with Crippen molar-refractivity contribution < 1.29 is 9.90 Å². The first kappa shape index (κ1) is 13.9. The Morgan fingerprint density at radius 3 is 2.68 bits per heavy atom. The van der Waals surface area contributed by atoms with Gasteiger partial charge in [-0.25, -0.2) is 0 Å². The normalized spacial score (nSPS) is 22.4. The van der Waals surface area contributed by atoms with Gasteiger partial charge in [-0.1, -0.05) is 18.6 Å². The minimum atomic E-state index is -0.239. The first-order chi connectivity index (χ1) is 9.15. The van der Waals surface area contributed by atoms with Gasteiger partial charge >= 0.3 is 0 Å². The third-order valence-corrected chi connectivity index (χ3v) is 3.80. The molecule has 0 radical (unpaired) electrons. The van der Waals surface area contributed by atoms with Crippen LogP contribution in [0.1, 0.15) is 31.2 Å². The molecule has 1 aromatic rings. The van der Waals surface area contributed by atoms with Crippen molar-refractivity contribution in [2.45, 2.75) is 38.2 Å². The maximum Gasteiger partial charge on any atom is 0.220 e. The van der Waals surface area contributed by atoms with E-state index in [0.717, 1.165) is 36.9 Å². The maximum absolute atomic E-state index is 11.7. The van der Waals surface area contributed by atoms with E-state index < -0.39 is 0 Å². The quantitative estimate of drug-likeness (QED) is 0.704. The van der Waals surface area contributed by atoms with Gasteiger partial charge in [-0.05, 0) is 37.0 Å². The molecule has 104 valence electrons. The molecular formula is C15H22N2O2. The van der Waals surface area contributed by atoms with Crippen molar-refractivity contribution in [2.24, 2.45) is 5.92 Å². The lowest BCUT2D eigenvalue weighted by atomic mass is 10.1. The Morgan fingerprint density at radius 2 is 2.05 bits per heavy atom. The summed E-state index contributed by atoms with van der Waals surface area (Å²) in [4.78, 5) is 11.7. The number of carbonyl (C=O) groups is 1. The zero-order valence-electron chi connectivity index (χ0n) is 11.1. The summed E-state index contributed by atoms with van der Waals surface area (Å²) < 4.78 is 0. The second-order valence-corrected chi connectivity index (χ2v) is 5.30. The van der Waals surface area contributed by atoms with Gasteiger partial charge in [-0.3, -0.25) is 4.79 Å². The third-order valence-electron chi connectivity index (χ3n) is 3.80. The number of aryl methyl sites for hydroxylation is 1. The molecule has 1 aliphatic carbocycles. The van der Waals surface area contributed by atoms with Gasteiger partial charge in [-0.15, -0.1) is 0 Å². The van der Waals surface area contributed by atoms with Crippen molar-refractivity contribution in [2.75, 3.05) is 12.3 Å². The monoisotopic (exact) mass is 262 g/mol. The molecule has 0 aromatic heterocycles. The molecule has 1 aromatic carbocycles. The molecule has 19 heavy (non-hydrogen) atoms. The van der Waals surface area contributed by atoms with E-state index in [2.05, 4.69) is 5.32 Å². The van der Waals surface area contributed by atoms with Crippen LogP contribution in [0.15, 0.2) is 24.3 Å². The molecule has 2 atom stereocenters. The second-order valence-electron chi connectivity index (χ2n) is 5.30. The lowest BCUT2D eigenvalue weighted by molar-refractivity contribution is -0.121. The van der Waals surface area contributed by atoms with Crippen molar-refractivity contribution >= 4 is 11.6 Å². The molecule has 0 bridgehead atoms. The van der Waals surface area contributed by atoms with Crippen LogP contribution in [0.3, 0.4) is 0 Å². The lowest BCUT2D eigenvalue weighted by Crippen LogP contribution is -2.32. The van der Waals surface area contributed by atoms with Crippen molar-refractivity contribution in [1.29, 1.82) is 0 Å². The summed E-state index contributed by atoms with van der Waals surface area (Å²) in [6.45, 7) is 0.599. The summed E-state index contributed by atoms with van der Waals surface area (Å²) in [7, 11) is 0. The summed E-state index contributed by atoms with van der Waals surface area (Å²) in [5.74, 6) is 0.288. The van der Waals surface area contributed by atoms with Crippen LogP contribution in [0.5, 0.6) is 0 Å². The van der Waals surface area contributed by atoms with Crippen LogP contribution < -0.4 is 11.1 Å². The summed E-state index contributed by atoms with van der Waals surface area (Å²) in [6.07, 6.45) is 3.90. The Balaban J connectivity index is 1.68. The molecule has 0 heterocycles. The van der Waals surface area contributed by atoms with E-state index >= 15 is 0 Å². The number of aliphatic hydroxyl groups excluding tert-OH is 1.